The molecule has 192 valence electrons. The molecule has 5 unspecified atom stereocenters. The summed E-state index contributed by atoms with van der Waals surface area (Å²) in [6.45, 7) is 2.98. The molecular weight excluding hydrogens is 459 g/mol. The molecular formula is C20H31F9O3. The summed E-state index contributed by atoms with van der Waals surface area (Å²) >= 11 is 0. The smallest absolute Gasteiger partial charge is 0.426 e. The van der Waals surface area contributed by atoms with Crippen LogP contribution in [-0.2, 0) is 9.53 Å². The molecule has 0 spiro atoms. The molecule has 3 nitrogen and oxygen atoms in total. The molecule has 2 rings (SSSR count). The van der Waals surface area contributed by atoms with Crippen molar-refractivity contribution < 1.29 is 54.2 Å². The third-order valence-corrected chi connectivity index (χ3v) is 6.88. The van der Waals surface area contributed by atoms with Gasteiger partial charge in [0.2, 0.25) is 0 Å². The van der Waals surface area contributed by atoms with Crippen LogP contribution in [0.1, 0.15) is 67.7 Å². The first kappa shape index (κ1) is 30.8. The fourth-order valence-corrected chi connectivity index (χ4v) is 4.78. The fraction of sp³-hybridized carbons (Fsp3) is 0.950. The quantitative estimate of drug-likeness (QED) is 0.339. The van der Waals surface area contributed by atoms with Gasteiger partial charge >= 0.3 is 24.5 Å². The molecule has 1 N–H and O–H groups in total. The summed E-state index contributed by atoms with van der Waals surface area (Å²) < 4.78 is 123. The van der Waals surface area contributed by atoms with Crippen LogP contribution in [0.4, 0.5) is 39.5 Å². The maximum absolute atomic E-state index is 13.3. The van der Waals surface area contributed by atoms with Crippen LogP contribution in [0.5, 0.6) is 0 Å². The van der Waals surface area contributed by atoms with Crippen LogP contribution in [0.25, 0.3) is 0 Å². The molecule has 2 fully saturated rings. The van der Waals surface area contributed by atoms with E-state index in [0.29, 0.717) is 6.92 Å². The maximum atomic E-state index is 13.3. The van der Waals surface area contributed by atoms with E-state index in [4.69, 9.17) is 4.74 Å². The topological polar surface area (TPSA) is 46.5 Å². The summed E-state index contributed by atoms with van der Waals surface area (Å²) in [5.41, 5.74) is -9.46. The minimum atomic E-state index is -5.99. The SMILES string of the molecule is C.C.CCC(C)(C(=O)OC1(C)CC2CC(CC(O)(C(F)(F)F)C(F)(F)F)C1C2)C(F)(F)F. The number of rotatable bonds is 5. The number of ether oxygens (including phenoxy) is 1. The van der Waals surface area contributed by atoms with Crippen LogP contribution < -0.4 is 0 Å². The number of esters is 1. The second-order valence-electron chi connectivity index (χ2n) is 8.85. The minimum Gasteiger partial charge on any atom is -0.458 e. The number of aliphatic hydroxyl groups is 1. The zero-order valence-corrected chi connectivity index (χ0v) is 16.4. The molecule has 5 atom stereocenters. The Morgan fingerprint density at radius 3 is 1.78 bits per heavy atom. The predicted octanol–water partition coefficient (Wildman–Crippen LogP) is 6.83. The van der Waals surface area contributed by atoms with E-state index in [1.54, 1.807) is 0 Å². The molecule has 2 saturated carbocycles. The normalized spacial score (nSPS) is 30.2. The van der Waals surface area contributed by atoms with Crippen molar-refractivity contribution in [3.05, 3.63) is 0 Å². The third kappa shape index (κ3) is 4.84. The zero-order valence-electron chi connectivity index (χ0n) is 16.4. The Hall–Kier alpha value is -1.20. The minimum absolute atomic E-state index is 0. The summed E-state index contributed by atoms with van der Waals surface area (Å²) in [5.74, 6) is -4.39. The maximum Gasteiger partial charge on any atom is 0.426 e. The molecule has 2 aliphatic rings. The molecule has 0 amide bonds. The van der Waals surface area contributed by atoms with Gasteiger partial charge in [0.25, 0.3) is 5.60 Å². The lowest BCUT2D eigenvalue weighted by molar-refractivity contribution is -0.374. The monoisotopic (exact) mass is 490 g/mol. The van der Waals surface area contributed by atoms with E-state index >= 15 is 0 Å². The number of halogens is 9. The molecule has 0 aliphatic heterocycles. The molecule has 2 aliphatic carbocycles. The predicted molar refractivity (Wildman–Crippen MR) is 98.4 cm³/mol. The molecule has 0 aromatic carbocycles. The van der Waals surface area contributed by atoms with Crippen molar-refractivity contribution >= 4 is 5.97 Å². The standard InChI is InChI=1S/C18H23F9O3.2CH4/c1-4-13(2,16(19,20)21)12(28)30-14(3)7-9-5-10(11(14)6-9)8-15(29,17(22,23)24)18(25,26)27;;/h9-11,29H,4-8H2,1-3H3;2*1H4. The molecule has 0 aromatic rings. The van der Waals surface area contributed by atoms with Crippen molar-refractivity contribution in [3.8, 4) is 0 Å². The van der Waals surface area contributed by atoms with Crippen molar-refractivity contribution in [1.82, 2.24) is 0 Å². The van der Waals surface area contributed by atoms with E-state index in [1.807, 2.05) is 0 Å². The summed E-state index contributed by atoms with van der Waals surface area (Å²) in [7, 11) is 0. The van der Waals surface area contributed by atoms with Gasteiger partial charge in [-0.05, 0) is 57.8 Å². The second-order valence-corrected chi connectivity index (χ2v) is 8.85. The van der Waals surface area contributed by atoms with E-state index in [-0.39, 0.29) is 34.1 Å². The Morgan fingerprint density at radius 1 is 0.969 bits per heavy atom. The van der Waals surface area contributed by atoms with Gasteiger partial charge in [-0.25, -0.2) is 0 Å². The summed E-state index contributed by atoms with van der Waals surface area (Å²) in [4.78, 5) is 12.3. The van der Waals surface area contributed by atoms with Crippen LogP contribution >= 0.6 is 0 Å². The Labute approximate surface area is 181 Å². The van der Waals surface area contributed by atoms with Crippen LogP contribution in [0.2, 0.25) is 0 Å². The number of fused-ring (bicyclic) bond motifs is 2. The highest BCUT2D eigenvalue weighted by Gasteiger charge is 2.72. The number of hydrogen-bond acceptors (Lipinski definition) is 3. The number of alkyl halides is 9. The second kappa shape index (κ2) is 8.87. The lowest BCUT2D eigenvalue weighted by Crippen LogP contribution is -2.59. The first-order valence-electron chi connectivity index (χ1n) is 9.38. The van der Waals surface area contributed by atoms with Crippen LogP contribution in [0.3, 0.4) is 0 Å². The van der Waals surface area contributed by atoms with E-state index < -0.39 is 71.7 Å². The van der Waals surface area contributed by atoms with Gasteiger partial charge in [-0.2, -0.15) is 39.5 Å². The van der Waals surface area contributed by atoms with Crippen LogP contribution in [0, 0.1) is 23.2 Å². The lowest BCUT2D eigenvalue weighted by Gasteiger charge is -2.43. The highest BCUT2D eigenvalue weighted by Crippen LogP contribution is 2.60. The Balaban J connectivity index is 0.00000480. The van der Waals surface area contributed by atoms with Crippen molar-refractivity contribution in [3.63, 3.8) is 0 Å². The van der Waals surface area contributed by atoms with Gasteiger partial charge in [-0.3, -0.25) is 4.79 Å². The summed E-state index contributed by atoms with van der Waals surface area (Å²) in [6, 6.07) is 0. The molecule has 0 aromatic heterocycles. The largest absolute Gasteiger partial charge is 0.458 e. The van der Waals surface area contributed by atoms with Crippen molar-refractivity contribution in [2.75, 3.05) is 0 Å². The number of carbonyl (C=O) groups excluding carboxylic acids is 1. The average molecular weight is 490 g/mol. The molecule has 32 heavy (non-hydrogen) atoms. The van der Waals surface area contributed by atoms with E-state index in [1.165, 1.54) is 6.92 Å². The molecule has 0 saturated heterocycles. The highest BCUT2D eigenvalue weighted by atomic mass is 19.4. The van der Waals surface area contributed by atoms with Crippen LogP contribution in [0.15, 0.2) is 0 Å². The Kier molecular flexibility index (Phi) is 8.53. The van der Waals surface area contributed by atoms with Gasteiger partial charge in [0.1, 0.15) is 5.60 Å². The van der Waals surface area contributed by atoms with E-state index in [9.17, 15) is 49.4 Å². The first-order chi connectivity index (χ1) is 13.2. The van der Waals surface area contributed by atoms with E-state index in [0.717, 1.165) is 6.92 Å². The van der Waals surface area contributed by atoms with Crippen LogP contribution in [-0.4, -0.2) is 40.8 Å². The van der Waals surface area contributed by atoms with Crippen molar-refractivity contribution in [1.29, 1.82) is 0 Å². The van der Waals surface area contributed by atoms with Gasteiger partial charge < -0.3 is 9.84 Å². The fourth-order valence-electron chi connectivity index (χ4n) is 4.78. The molecule has 0 radical (unpaired) electrons. The Morgan fingerprint density at radius 2 is 1.44 bits per heavy atom. The molecule has 12 heteroatoms. The summed E-state index contributed by atoms with van der Waals surface area (Å²) in [5, 5.41) is 9.49. The van der Waals surface area contributed by atoms with Gasteiger partial charge in [0.15, 0.2) is 5.41 Å². The number of hydrogen-bond donors (Lipinski definition) is 1. The third-order valence-electron chi connectivity index (χ3n) is 6.88. The van der Waals surface area contributed by atoms with Gasteiger partial charge in [0.05, 0.1) is 0 Å². The average Bonchev–Trinajstić information content (AvgIpc) is 3.06. The van der Waals surface area contributed by atoms with Gasteiger partial charge in [0, 0.05) is 5.92 Å². The van der Waals surface area contributed by atoms with Crippen molar-refractivity contribution in [2.45, 2.75) is 97.5 Å². The molecule has 0 heterocycles. The summed E-state index contributed by atoms with van der Waals surface area (Å²) in [6.07, 6.45) is -19.2. The lowest BCUT2D eigenvalue weighted by atomic mass is 9.73. The Bertz CT molecular complexity index is 657. The van der Waals surface area contributed by atoms with Gasteiger partial charge in [-0.15, -0.1) is 0 Å². The first-order valence-corrected chi connectivity index (χ1v) is 9.38. The van der Waals surface area contributed by atoms with Crippen molar-refractivity contribution in [2.24, 2.45) is 23.2 Å². The molecule has 2 bridgehead atoms. The zero-order chi connectivity index (χ0) is 23.6. The van der Waals surface area contributed by atoms with Gasteiger partial charge in [-0.1, -0.05) is 21.8 Å². The van der Waals surface area contributed by atoms with E-state index in [2.05, 4.69) is 0 Å². The highest BCUT2D eigenvalue weighted by molar-refractivity contribution is 5.78. The number of carbonyl (C=O) groups is 1.